The second-order valence-electron chi connectivity index (χ2n) is 5.10. The predicted octanol–water partition coefficient (Wildman–Crippen LogP) is 2.80. The van der Waals surface area contributed by atoms with Crippen molar-refractivity contribution < 1.29 is 23.8 Å². The summed E-state index contributed by atoms with van der Waals surface area (Å²) in [6.07, 6.45) is -0.521. The molecule has 1 atom stereocenters. The van der Waals surface area contributed by atoms with E-state index in [4.69, 9.17) is 9.84 Å². The van der Waals surface area contributed by atoms with Crippen LogP contribution >= 0.6 is 11.3 Å². The third-order valence-corrected chi connectivity index (χ3v) is 4.69. The Labute approximate surface area is 135 Å². The number of carboxylic acid groups (broad SMARTS) is 1. The zero-order chi connectivity index (χ0) is 16.4. The van der Waals surface area contributed by atoms with Crippen molar-refractivity contribution in [1.29, 1.82) is 0 Å². The average molecular weight is 335 g/mol. The summed E-state index contributed by atoms with van der Waals surface area (Å²) in [6, 6.07) is 9.24. The van der Waals surface area contributed by atoms with Crippen LogP contribution in [0.25, 0.3) is 0 Å². The third-order valence-electron chi connectivity index (χ3n) is 3.63. The predicted molar refractivity (Wildman–Crippen MR) is 82.3 cm³/mol. The van der Waals surface area contributed by atoms with Gasteiger partial charge >= 0.3 is 5.97 Å². The summed E-state index contributed by atoms with van der Waals surface area (Å²) in [7, 11) is 0. The summed E-state index contributed by atoms with van der Waals surface area (Å²) >= 11 is 0.937. The molecule has 1 unspecified atom stereocenters. The Morgan fingerprint density at radius 2 is 1.96 bits per heavy atom. The molecule has 1 fully saturated rings. The maximum atomic E-state index is 13.9. The number of carboxylic acids is 1. The lowest BCUT2D eigenvalue weighted by Gasteiger charge is -2.33. The lowest BCUT2D eigenvalue weighted by Crippen LogP contribution is -2.42. The second-order valence-corrected chi connectivity index (χ2v) is 6.18. The fraction of sp³-hybridized carbons (Fsp3) is 0.250. The van der Waals surface area contributed by atoms with E-state index in [-0.39, 0.29) is 23.1 Å². The number of morpholine rings is 1. The van der Waals surface area contributed by atoms with Crippen LogP contribution in [-0.2, 0) is 4.74 Å². The molecule has 5 nitrogen and oxygen atoms in total. The van der Waals surface area contributed by atoms with E-state index in [9.17, 15) is 14.0 Å². The van der Waals surface area contributed by atoms with E-state index in [1.165, 1.54) is 18.2 Å². The van der Waals surface area contributed by atoms with E-state index in [0.29, 0.717) is 23.6 Å². The van der Waals surface area contributed by atoms with Crippen molar-refractivity contribution >= 4 is 23.2 Å². The Kier molecular flexibility index (Phi) is 4.40. The van der Waals surface area contributed by atoms with E-state index >= 15 is 0 Å². The highest BCUT2D eigenvalue weighted by atomic mass is 32.1. The van der Waals surface area contributed by atoms with Gasteiger partial charge in [0.1, 0.15) is 16.8 Å². The minimum absolute atomic E-state index is 0.118. The van der Waals surface area contributed by atoms with Gasteiger partial charge in [-0.25, -0.2) is 9.18 Å². The maximum Gasteiger partial charge on any atom is 0.345 e. The lowest BCUT2D eigenvalue weighted by atomic mass is 10.1. The number of hydrogen-bond acceptors (Lipinski definition) is 4. The van der Waals surface area contributed by atoms with E-state index in [2.05, 4.69) is 0 Å². The molecule has 1 aromatic carbocycles. The van der Waals surface area contributed by atoms with Gasteiger partial charge in [-0.3, -0.25) is 4.79 Å². The Balaban J connectivity index is 1.76. The Morgan fingerprint density at radius 3 is 2.65 bits per heavy atom. The van der Waals surface area contributed by atoms with Crippen LogP contribution in [0.4, 0.5) is 4.39 Å². The molecule has 1 aromatic heterocycles. The zero-order valence-corrected chi connectivity index (χ0v) is 12.9. The van der Waals surface area contributed by atoms with E-state index in [1.54, 1.807) is 23.1 Å². The minimum Gasteiger partial charge on any atom is -0.477 e. The smallest absolute Gasteiger partial charge is 0.345 e. The normalized spacial score (nSPS) is 18.0. The summed E-state index contributed by atoms with van der Waals surface area (Å²) in [6.45, 7) is 0.937. The molecule has 1 N–H and O–H groups in total. The zero-order valence-electron chi connectivity index (χ0n) is 12.1. The maximum absolute atomic E-state index is 13.9. The van der Waals surface area contributed by atoms with Crippen LogP contribution in [0.2, 0.25) is 0 Å². The van der Waals surface area contributed by atoms with E-state index in [1.807, 2.05) is 0 Å². The van der Waals surface area contributed by atoms with Crippen molar-refractivity contribution in [3.8, 4) is 0 Å². The summed E-state index contributed by atoms with van der Waals surface area (Å²) in [5, 5.41) is 8.94. The topological polar surface area (TPSA) is 66.8 Å². The van der Waals surface area contributed by atoms with Gasteiger partial charge in [0.15, 0.2) is 0 Å². The molecule has 120 valence electrons. The molecule has 1 aliphatic heterocycles. The molecule has 3 rings (SSSR count). The van der Waals surface area contributed by atoms with Gasteiger partial charge in [-0.1, -0.05) is 18.2 Å². The quantitative estimate of drug-likeness (QED) is 0.937. The standard InChI is InChI=1S/C16H14FNO4S/c17-11-4-2-1-3-10(11)12-9-18(7-8-22-12)15(19)13-5-6-14(23-13)16(20)21/h1-6,12H,7-9H2,(H,20,21). The molecule has 1 aliphatic rings. The first-order chi connectivity index (χ1) is 11.1. The van der Waals surface area contributed by atoms with Gasteiger partial charge in [0.25, 0.3) is 5.91 Å². The van der Waals surface area contributed by atoms with Crippen LogP contribution in [-0.4, -0.2) is 41.6 Å². The molecule has 0 bridgehead atoms. The van der Waals surface area contributed by atoms with Gasteiger partial charge in [0.2, 0.25) is 0 Å². The fourth-order valence-electron chi connectivity index (χ4n) is 2.48. The molecule has 1 saturated heterocycles. The van der Waals surface area contributed by atoms with Crippen LogP contribution in [0.5, 0.6) is 0 Å². The largest absolute Gasteiger partial charge is 0.477 e. The van der Waals surface area contributed by atoms with Crippen molar-refractivity contribution in [3.05, 3.63) is 57.5 Å². The molecular weight excluding hydrogens is 321 g/mol. The number of nitrogens with zero attached hydrogens (tertiary/aromatic N) is 1. The number of hydrogen-bond donors (Lipinski definition) is 1. The van der Waals surface area contributed by atoms with Crippen LogP contribution in [0, 0.1) is 5.82 Å². The number of carbonyl (C=O) groups excluding carboxylic acids is 1. The number of ether oxygens (including phenoxy) is 1. The number of amides is 1. The number of rotatable bonds is 3. The highest BCUT2D eigenvalue weighted by molar-refractivity contribution is 7.15. The van der Waals surface area contributed by atoms with E-state index < -0.39 is 12.1 Å². The van der Waals surface area contributed by atoms with Gasteiger partial charge < -0.3 is 14.7 Å². The van der Waals surface area contributed by atoms with Crippen molar-refractivity contribution in [2.75, 3.05) is 19.7 Å². The molecular formula is C16H14FNO4S. The average Bonchev–Trinajstić information content (AvgIpc) is 3.05. The Morgan fingerprint density at radius 1 is 1.22 bits per heavy atom. The molecule has 0 spiro atoms. The SMILES string of the molecule is O=C(O)c1ccc(C(=O)N2CCOC(c3ccccc3F)C2)s1. The number of thiophene rings is 1. The molecule has 0 radical (unpaired) electrons. The first-order valence-electron chi connectivity index (χ1n) is 7.04. The minimum atomic E-state index is -1.06. The van der Waals surface area contributed by atoms with Gasteiger partial charge in [0.05, 0.1) is 18.0 Å². The third kappa shape index (κ3) is 3.25. The number of halogens is 1. The monoisotopic (exact) mass is 335 g/mol. The molecule has 2 heterocycles. The second kappa shape index (κ2) is 6.47. The summed E-state index contributed by atoms with van der Waals surface area (Å²) in [5.41, 5.74) is 0.419. The number of benzene rings is 1. The molecule has 23 heavy (non-hydrogen) atoms. The Hall–Kier alpha value is -2.25. The molecule has 0 saturated carbocycles. The number of aromatic carboxylic acids is 1. The van der Waals surface area contributed by atoms with Gasteiger partial charge in [-0.15, -0.1) is 11.3 Å². The summed E-state index contributed by atoms with van der Waals surface area (Å²) in [5.74, 6) is -1.68. The van der Waals surface area contributed by atoms with E-state index in [0.717, 1.165) is 11.3 Å². The molecule has 0 aliphatic carbocycles. The lowest BCUT2D eigenvalue weighted by molar-refractivity contribution is -0.0241. The van der Waals surface area contributed by atoms with Gasteiger partial charge in [-0.2, -0.15) is 0 Å². The van der Waals surface area contributed by atoms with Crippen LogP contribution in [0.15, 0.2) is 36.4 Å². The van der Waals surface area contributed by atoms with Crippen LogP contribution in [0.3, 0.4) is 0 Å². The highest BCUT2D eigenvalue weighted by Crippen LogP contribution is 2.26. The van der Waals surface area contributed by atoms with Gasteiger partial charge in [0, 0.05) is 12.1 Å². The van der Waals surface area contributed by atoms with Crippen molar-refractivity contribution in [2.45, 2.75) is 6.10 Å². The molecule has 1 amide bonds. The fourth-order valence-corrected chi connectivity index (χ4v) is 3.29. The molecule has 2 aromatic rings. The van der Waals surface area contributed by atoms with Crippen molar-refractivity contribution in [1.82, 2.24) is 4.90 Å². The van der Waals surface area contributed by atoms with Crippen LogP contribution < -0.4 is 0 Å². The van der Waals surface area contributed by atoms with Crippen LogP contribution in [0.1, 0.15) is 31.0 Å². The first kappa shape index (κ1) is 15.6. The van der Waals surface area contributed by atoms with Crippen molar-refractivity contribution in [2.24, 2.45) is 0 Å². The van der Waals surface area contributed by atoms with Gasteiger partial charge in [-0.05, 0) is 18.2 Å². The number of carbonyl (C=O) groups is 2. The summed E-state index contributed by atoms with van der Waals surface area (Å²) < 4.78 is 19.5. The highest BCUT2D eigenvalue weighted by Gasteiger charge is 2.28. The Bertz CT molecular complexity index is 745. The summed E-state index contributed by atoms with van der Waals surface area (Å²) in [4.78, 5) is 25.4. The molecule has 7 heteroatoms. The first-order valence-corrected chi connectivity index (χ1v) is 7.86. The van der Waals surface area contributed by atoms with Crippen molar-refractivity contribution in [3.63, 3.8) is 0 Å².